The molecule has 0 aromatic carbocycles. The van der Waals surface area contributed by atoms with Crippen molar-refractivity contribution in [3.63, 3.8) is 0 Å². The van der Waals surface area contributed by atoms with Gasteiger partial charge >= 0.3 is 0 Å². The molecule has 1 aliphatic rings. The summed E-state index contributed by atoms with van der Waals surface area (Å²) in [6.45, 7) is 2.50. The first-order valence-corrected chi connectivity index (χ1v) is 7.90. The van der Waals surface area contributed by atoms with Gasteiger partial charge in [0.2, 0.25) is 0 Å². The Balaban J connectivity index is 2.00. The van der Waals surface area contributed by atoms with Gasteiger partial charge in [-0.2, -0.15) is 0 Å². The van der Waals surface area contributed by atoms with Gasteiger partial charge in [0.15, 0.2) is 10.2 Å². The normalized spacial score (nSPS) is 17.8. The zero-order chi connectivity index (χ0) is 13.7. The molecule has 2 heterocycles. The van der Waals surface area contributed by atoms with Gasteiger partial charge < -0.3 is 0 Å². The third-order valence-electron chi connectivity index (χ3n) is 3.49. The molecule has 5 nitrogen and oxygen atoms in total. The summed E-state index contributed by atoms with van der Waals surface area (Å²) in [5.41, 5.74) is 0.616. The van der Waals surface area contributed by atoms with Crippen molar-refractivity contribution in [1.29, 1.82) is 0 Å². The Morgan fingerprint density at radius 2 is 2.21 bits per heavy atom. The molecule has 3 rings (SSSR count). The van der Waals surface area contributed by atoms with Crippen LogP contribution in [-0.2, 0) is 10.0 Å². The van der Waals surface area contributed by atoms with Gasteiger partial charge in [-0.25, -0.2) is 18.1 Å². The van der Waals surface area contributed by atoms with Gasteiger partial charge in [-0.15, -0.1) is 0 Å². The molecule has 0 bridgehead atoms. The number of nitrogens with one attached hydrogen (secondary N) is 1. The lowest BCUT2D eigenvalue weighted by molar-refractivity contribution is 0.528. The van der Waals surface area contributed by atoms with E-state index in [4.69, 9.17) is 11.6 Å². The molecule has 1 N–H and O–H groups in total. The molecule has 2 aromatic rings. The number of nitrogens with zero attached hydrogens (tertiary/aromatic N) is 2. The lowest BCUT2D eigenvalue weighted by Crippen LogP contribution is -2.30. The van der Waals surface area contributed by atoms with E-state index in [1.54, 1.807) is 24.4 Å². The van der Waals surface area contributed by atoms with Crippen LogP contribution in [-0.4, -0.2) is 24.3 Å². The van der Waals surface area contributed by atoms with Gasteiger partial charge in [-0.3, -0.25) is 4.40 Å². The van der Waals surface area contributed by atoms with E-state index in [1.807, 2.05) is 0 Å². The lowest BCUT2D eigenvalue weighted by atomic mass is 10.2. The first kappa shape index (κ1) is 12.9. The molecular formula is C12H14ClN3O2S. The van der Waals surface area contributed by atoms with Crippen molar-refractivity contribution in [2.24, 2.45) is 5.41 Å². The van der Waals surface area contributed by atoms with E-state index in [9.17, 15) is 8.42 Å². The second kappa shape index (κ2) is 4.19. The number of hydrogen-bond donors (Lipinski definition) is 1. The van der Waals surface area contributed by atoms with E-state index in [1.165, 1.54) is 4.40 Å². The smallest absolute Gasteiger partial charge is 0.259 e. The zero-order valence-electron chi connectivity index (χ0n) is 10.4. The number of pyridine rings is 1. The summed E-state index contributed by atoms with van der Waals surface area (Å²) >= 11 is 5.97. The summed E-state index contributed by atoms with van der Waals surface area (Å²) in [6.07, 6.45) is 3.74. The van der Waals surface area contributed by atoms with Gasteiger partial charge in [0.25, 0.3) is 10.0 Å². The molecule has 0 atom stereocenters. The molecular weight excluding hydrogens is 286 g/mol. The predicted molar refractivity (Wildman–Crippen MR) is 72.7 cm³/mol. The van der Waals surface area contributed by atoms with E-state index < -0.39 is 10.0 Å². The average molecular weight is 300 g/mol. The molecule has 102 valence electrons. The van der Waals surface area contributed by atoms with Crippen LogP contribution >= 0.6 is 11.6 Å². The number of rotatable bonds is 4. The highest BCUT2D eigenvalue weighted by molar-refractivity contribution is 7.89. The first-order chi connectivity index (χ1) is 8.91. The molecule has 1 fully saturated rings. The molecule has 1 saturated carbocycles. The van der Waals surface area contributed by atoms with Crippen LogP contribution in [0.3, 0.4) is 0 Å². The van der Waals surface area contributed by atoms with Crippen molar-refractivity contribution in [2.75, 3.05) is 6.54 Å². The highest BCUT2D eigenvalue weighted by Crippen LogP contribution is 2.44. The minimum absolute atomic E-state index is 0.000324. The molecule has 0 aliphatic heterocycles. The van der Waals surface area contributed by atoms with Crippen molar-refractivity contribution in [2.45, 2.75) is 24.8 Å². The fraction of sp³-hybridized carbons (Fsp3) is 0.417. The van der Waals surface area contributed by atoms with Crippen LogP contribution in [0.15, 0.2) is 29.4 Å². The monoisotopic (exact) mass is 299 g/mol. The molecule has 0 spiro atoms. The highest BCUT2D eigenvalue weighted by Gasteiger charge is 2.38. The average Bonchev–Trinajstić information content (AvgIpc) is 2.98. The largest absolute Gasteiger partial charge is 0.288 e. The number of sulfonamides is 1. The Labute approximate surface area is 116 Å². The summed E-state index contributed by atoms with van der Waals surface area (Å²) in [6, 6.07) is 5.24. The lowest BCUT2D eigenvalue weighted by Gasteiger charge is -2.10. The molecule has 7 heteroatoms. The maximum absolute atomic E-state index is 12.3. The number of fused-ring (bicyclic) bond motifs is 1. The zero-order valence-corrected chi connectivity index (χ0v) is 12.0. The number of halogens is 1. The standard InChI is InChI=1S/C12H14ClN3O2S/c1-12(5-6-12)8-14-19(17,18)11-10(13)15-9-4-2-3-7-16(9)11/h2-4,7,14H,5-6,8H2,1H3. The number of hydrogen-bond acceptors (Lipinski definition) is 3. The van der Waals surface area contributed by atoms with Crippen molar-refractivity contribution in [3.05, 3.63) is 29.5 Å². The summed E-state index contributed by atoms with van der Waals surface area (Å²) in [7, 11) is -3.65. The summed E-state index contributed by atoms with van der Waals surface area (Å²) in [5.74, 6) is 0. The predicted octanol–water partition coefficient (Wildman–Crippen LogP) is 2.07. The second-order valence-corrected chi connectivity index (χ2v) is 7.31. The van der Waals surface area contributed by atoms with Crippen molar-refractivity contribution in [3.8, 4) is 0 Å². The summed E-state index contributed by atoms with van der Waals surface area (Å²) in [4.78, 5) is 4.05. The van der Waals surface area contributed by atoms with E-state index in [0.29, 0.717) is 12.2 Å². The van der Waals surface area contributed by atoms with E-state index >= 15 is 0 Å². The van der Waals surface area contributed by atoms with Crippen molar-refractivity contribution >= 4 is 27.3 Å². The van der Waals surface area contributed by atoms with Crippen LogP contribution in [0, 0.1) is 5.41 Å². The van der Waals surface area contributed by atoms with E-state index in [2.05, 4.69) is 16.6 Å². The van der Waals surface area contributed by atoms with Crippen LogP contribution in [0.5, 0.6) is 0 Å². The fourth-order valence-electron chi connectivity index (χ4n) is 1.91. The first-order valence-electron chi connectivity index (χ1n) is 6.04. The van der Waals surface area contributed by atoms with Crippen LogP contribution in [0.1, 0.15) is 19.8 Å². The van der Waals surface area contributed by atoms with Gasteiger partial charge in [0.1, 0.15) is 5.65 Å². The van der Waals surface area contributed by atoms with Crippen LogP contribution in [0.4, 0.5) is 0 Å². The number of aromatic nitrogens is 2. The molecule has 19 heavy (non-hydrogen) atoms. The van der Waals surface area contributed by atoms with Crippen LogP contribution in [0.25, 0.3) is 5.65 Å². The van der Waals surface area contributed by atoms with Gasteiger partial charge in [-0.1, -0.05) is 24.6 Å². The highest BCUT2D eigenvalue weighted by atomic mass is 35.5. The molecule has 0 unspecified atom stereocenters. The van der Waals surface area contributed by atoms with Crippen molar-refractivity contribution in [1.82, 2.24) is 14.1 Å². The topological polar surface area (TPSA) is 63.5 Å². The van der Waals surface area contributed by atoms with Gasteiger partial charge in [0, 0.05) is 12.7 Å². The fourth-order valence-corrected chi connectivity index (χ4v) is 3.75. The minimum atomic E-state index is -3.65. The molecule has 1 aliphatic carbocycles. The van der Waals surface area contributed by atoms with Gasteiger partial charge in [0.05, 0.1) is 0 Å². The molecule has 0 saturated heterocycles. The SMILES string of the molecule is CC1(CNS(=O)(=O)c2c(Cl)nc3ccccn23)CC1. The number of imidazole rings is 1. The minimum Gasteiger partial charge on any atom is -0.288 e. The quantitative estimate of drug-likeness (QED) is 0.940. The summed E-state index contributed by atoms with van der Waals surface area (Å²) < 4.78 is 28.8. The Kier molecular flexibility index (Phi) is 2.85. The Morgan fingerprint density at radius 1 is 1.47 bits per heavy atom. The Morgan fingerprint density at radius 3 is 2.89 bits per heavy atom. The van der Waals surface area contributed by atoms with Gasteiger partial charge in [-0.05, 0) is 30.4 Å². The molecule has 0 amide bonds. The second-order valence-electron chi connectivity index (χ2n) is 5.27. The maximum Gasteiger partial charge on any atom is 0.259 e. The third kappa shape index (κ3) is 2.35. The maximum atomic E-state index is 12.3. The Bertz CT molecular complexity index is 735. The van der Waals surface area contributed by atoms with E-state index in [0.717, 1.165) is 12.8 Å². The Hall–Kier alpha value is -1.11. The summed E-state index contributed by atoms with van der Waals surface area (Å²) in [5, 5.41) is 0.00802. The van der Waals surface area contributed by atoms with E-state index in [-0.39, 0.29) is 15.6 Å². The van der Waals surface area contributed by atoms with Crippen LogP contribution in [0.2, 0.25) is 5.15 Å². The molecule has 0 radical (unpaired) electrons. The van der Waals surface area contributed by atoms with Crippen molar-refractivity contribution < 1.29 is 8.42 Å². The third-order valence-corrected chi connectivity index (χ3v) is 5.29. The molecule has 2 aromatic heterocycles. The van der Waals surface area contributed by atoms with Crippen LogP contribution < -0.4 is 4.72 Å².